The Morgan fingerprint density at radius 3 is 2.32 bits per heavy atom. The monoisotopic (exact) mass is 514 g/mol. The number of esters is 1. The van der Waals surface area contributed by atoms with Crippen LogP contribution in [0.1, 0.15) is 107 Å². The average Bonchev–Trinajstić information content (AvgIpc) is 2.77. The molecule has 4 fully saturated rings. The molecule has 0 bridgehead atoms. The van der Waals surface area contributed by atoms with E-state index in [9.17, 15) is 19.8 Å². The molecular formula is C32H50O5. The minimum absolute atomic E-state index is 0.0124. The Labute approximate surface area is 223 Å². The second kappa shape index (κ2) is 8.16. The highest BCUT2D eigenvalue weighted by Crippen LogP contribution is 2.75. The molecule has 2 N–H and O–H groups in total. The predicted molar refractivity (Wildman–Crippen MR) is 143 cm³/mol. The highest BCUT2D eigenvalue weighted by molar-refractivity contribution is 5.89. The Bertz CT molecular complexity index is 1030. The summed E-state index contributed by atoms with van der Waals surface area (Å²) in [5.74, 6) is 0.341. The van der Waals surface area contributed by atoms with E-state index in [1.807, 2.05) is 0 Å². The third-order valence-corrected chi connectivity index (χ3v) is 13.1. The maximum Gasteiger partial charge on any atom is 0.302 e. The number of ether oxygens (including phenoxy) is 1. The molecule has 208 valence electrons. The minimum atomic E-state index is -0.699. The number of carbonyl (C=O) groups is 2. The molecule has 0 heterocycles. The van der Waals surface area contributed by atoms with E-state index in [1.165, 1.54) is 12.5 Å². The van der Waals surface area contributed by atoms with E-state index >= 15 is 0 Å². The van der Waals surface area contributed by atoms with Crippen LogP contribution in [0.15, 0.2) is 11.6 Å². The van der Waals surface area contributed by atoms with Gasteiger partial charge in [0.25, 0.3) is 0 Å². The van der Waals surface area contributed by atoms with Crippen LogP contribution in [0, 0.1) is 50.2 Å². The predicted octanol–water partition coefficient (Wildman–Crippen LogP) is 5.86. The number of fused-ring (bicyclic) bond motifs is 7. The van der Waals surface area contributed by atoms with Gasteiger partial charge in [-0.2, -0.15) is 0 Å². The quantitative estimate of drug-likeness (QED) is 0.356. The summed E-state index contributed by atoms with van der Waals surface area (Å²) in [6.45, 7) is 17.5. The zero-order chi connectivity index (χ0) is 27.4. The topological polar surface area (TPSA) is 83.8 Å². The zero-order valence-electron chi connectivity index (χ0n) is 24.4. The lowest BCUT2D eigenvalue weighted by atomic mass is 9.33. The van der Waals surface area contributed by atoms with E-state index in [2.05, 4.69) is 54.5 Å². The van der Waals surface area contributed by atoms with Crippen molar-refractivity contribution in [3.05, 3.63) is 11.6 Å². The van der Waals surface area contributed by atoms with E-state index in [0.717, 1.165) is 44.9 Å². The molecule has 0 spiro atoms. The molecule has 0 radical (unpaired) electrons. The number of rotatable bonds is 2. The highest BCUT2D eigenvalue weighted by atomic mass is 16.5. The molecule has 0 amide bonds. The number of aliphatic hydroxyl groups excluding tert-OH is 2. The Morgan fingerprint density at radius 2 is 1.70 bits per heavy atom. The first-order chi connectivity index (χ1) is 17.0. The van der Waals surface area contributed by atoms with Crippen LogP contribution in [0.5, 0.6) is 0 Å². The highest BCUT2D eigenvalue weighted by Gasteiger charge is 2.71. The Morgan fingerprint density at radius 1 is 1.03 bits per heavy atom. The molecule has 0 aromatic rings. The fourth-order valence-electron chi connectivity index (χ4n) is 11.0. The molecule has 0 aliphatic heterocycles. The van der Waals surface area contributed by atoms with Crippen molar-refractivity contribution in [2.45, 2.75) is 119 Å². The molecule has 4 saturated carbocycles. The van der Waals surface area contributed by atoms with E-state index in [0.29, 0.717) is 12.3 Å². The van der Waals surface area contributed by atoms with Gasteiger partial charge in [-0.15, -0.1) is 0 Å². The van der Waals surface area contributed by atoms with E-state index in [-0.39, 0.29) is 63.4 Å². The summed E-state index contributed by atoms with van der Waals surface area (Å²) in [7, 11) is 0. The van der Waals surface area contributed by atoms with Gasteiger partial charge in [0.05, 0.1) is 18.1 Å². The number of allylic oxidation sites excluding steroid dienone is 1. The molecule has 9 unspecified atom stereocenters. The molecule has 0 aromatic carbocycles. The normalized spacial score (nSPS) is 50.1. The van der Waals surface area contributed by atoms with Crippen LogP contribution in [0.3, 0.4) is 0 Å². The van der Waals surface area contributed by atoms with Crippen LogP contribution in [0.2, 0.25) is 0 Å². The molecule has 5 aliphatic rings. The van der Waals surface area contributed by atoms with Crippen molar-refractivity contribution in [2.75, 3.05) is 6.61 Å². The largest absolute Gasteiger partial charge is 0.462 e. The van der Waals surface area contributed by atoms with E-state index in [4.69, 9.17) is 4.74 Å². The summed E-state index contributed by atoms with van der Waals surface area (Å²) < 4.78 is 5.83. The third kappa shape index (κ3) is 3.47. The average molecular weight is 515 g/mol. The van der Waals surface area contributed by atoms with Gasteiger partial charge in [0.1, 0.15) is 11.9 Å². The van der Waals surface area contributed by atoms with Crippen molar-refractivity contribution in [3.63, 3.8) is 0 Å². The van der Waals surface area contributed by atoms with Crippen LogP contribution in [-0.2, 0) is 14.3 Å². The van der Waals surface area contributed by atoms with Gasteiger partial charge in [-0.1, -0.05) is 60.1 Å². The lowest BCUT2D eigenvalue weighted by molar-refractivity contribution is -0.229. The zero-order valence-corrected chi connectivity index (χ0v) is 24.4. The molecule has 5 rings (SSSR count). The van der Waals surface area contributed by atoms with Gasteiger partial charge >= 0.3 is 5.97 Å². The molecule has 37 heavy (non-hydrogen) atoms. The van der Waals surface area contributed by atoms with Crippen molar-refractivity contribution >= 4 is 11.8 Å². The van der Waals surface area contributed by atoms with Gasteiger partial charge in [0.15, 0.2) is 0 Å². The Hall–Kier alpha value is -1.20. The summed E-state index contributed by atoms with van der Waals surface area (Å²) in [6, 6.07) is 0. The summed E-state index contributed by atoms with van der Waals surface area (Å²) in [5.41, 5.74) is -0.233. The molecule has 5 aliphatic carbocycles. The first-order valence-electron chi connectivity index (χ1n) is 14.7. The van der Waals surface area contributed by atoms with Crippen LogP contribution in [-0.4, -0.2) is 40.8 Å². The number of Topliss-reactive ketones (excluding diaryl/α,β-unsaturated/α-hetero) is 1. The second-order valence-electron chi connectivity index (χ2n) is 15.7. The fourth-order valence-corrected chi connectivity index (χ4v) is 11.0. The van der Waals surface area contributed by atoms with Crippen molar-refractivity contribution in [1.82, 2.24) is 0 Å². The number of carbonyl (C=O) groups excluding carboxylic acids is 2. The summed E-state index contributed by atoms with van der Waals surface area (Å²) >= 11 is 0. The van der Waals surface area contributed by atoms with Crippen LogP contribution in [0.4, 0.5) is 0 Å². The van der Waals surface area contributed by atoms with Crippen molar-refractivity contribution in [1.29, 1.82) is 0 Å². The van der Waals surface area contributed by atoms with Crippen molar-refractivity contribution < 1.29 is 24.5 Å². The fraction of sp³-hybridized carbons (Fsp3) is 0.875. The third-order valence-electron chi connectivity index (χ3n) is 13.1. The SMILES string of the molecule is CC(=O)OC1CCC2(C)C(CCC3(C)C2C(O)C=C2C4CC(C)(C)CCC4(CO)C(=O)CC23C)C1(C)C. The lowest BCUT2D eigenvalue weighted by Gasteiger charge is -2.71. The second-order valence-corrected chi connectivity index (χ2v) is 15.7. The van der Waals surface area contributed by atoms with Crippen LogP contribution >= 0.6 is 0 Å². The Kier molecular flexibility index (Phi) is 6.04. The van der Waals surface area contributed by atoms with Gasteiger partial charge in [0, 0.05) is 30.1 Å². The number of ketones is 1. The maximum atomic E-state index is 14.1. The molecular weight excluding hydrogens is 464 g/mol. The summed E-state index contributed by atoms with van der Waals surface area (Å²) in [4.78, 5) is 26.0. The van der Waals surface area contributed by atoms with Gasteiger partial charge in [-0.05, 0) is 73.0 Å². The number of hydrogen-bond acceptors (Lipinski definition) is 5. The molecule has 5 nitrogen and oxygen atoms in total. The van der Waals surface area contributed by atoms with E-state index in [1.54, 1.807) is 0 Å². The van der Waals surface area contributed by atoms with Gasteiger partial charge in [-0.25, -0.2) is 0 Å². The van der Waals surface area contributed by atoms with Gasteiger partial charge in [-0.3, -0.25) is 9.59 Å². The van der Waals surface area contributed by atoms with Crippen LogP contribution in [0.25, 0.3) is 0 Å². The lowest BCUT2D eigenvalue weighted by Crippen LogP contribution is -2.68. The molecule has 0 saturated heterocycles. The molecule has 0 aromatic heterocycles. The molecule has 5 heteroatoms. The van der Waals surface area contributed by atoms with Crippen molar-refractivity contribution in [2.24, 2.45) is 50.2 Å². The van der Waals surface area contributed by atoms with Crippen LogP contribution < -0.4 is 0 Å². The van der Waals surface area contributed by atoms with Gasteiger partial charge < -0.3 is 14.9 Å². The number of hydrogen-bond donors (Lipinski definition) is 2. The summed E-state index contributed by atoms with van der Waals surface area (Å²) in [5, 5.41) is 22.7. The maximum absolute atomic E-state index is 14.1. The van der Waals surface area contributed by atoms with E-state index < -0.39 is 11.5 Å². The smallest absolute Gasteiger partial charge is 0.302 e. The first kappa shape index (κ1) is 27.4. The minimum Gasteiger partial charge on any atom is -0.462 e. The number of aliphatic hydroxyl groups is 2. The first-order valence-corrected chi connectivity index (χ1v) is 14.7. The van der Waals surface area contributed by atoms with Gasteiger partial charge in [0.2, 0.25) is 0 Å². The summed E-state index contributed by atoms with van der Waals surface area (Å²) in [6.07, 6.45) is 8.10. The van der Waals surface area contributed by atoms with Crippen molar-refractivity contribution in [3.8, 4) is 0 Å². The Balaban J connectivity index is 1.61. The standard InChI is InChI=1S/C32H50O5/c1-19(34)37-25-10-11-29(6)23(28(25,4)5)9-12-30(7)26(29)22(35)15-20-21-16-27(2,3)13-14-32(21,18-33)24(36)17-31(20,30)8/h15,21-23,25-26,33,35H,9-14,16-18H2,1-8H3. The molecule has 9 atom stereocenters.